The van der Waals surface area contributed by atoms with Gasteiger partial charge in [0.15, 0.2) is 0 Å². The topological polar surface area (TPSA) is 49.4 Å². The second kappa shape index (κ2) is 5.61. The van der Waals surface area contributed by atoms with E-state index in [1.54, 1.807) is 6.26 Å². The molecule has 4 nitrogen and oxygen atoms in total. The summed E-state index contributed by atoms with van der Waals surface area (Å²) in [7, 11) is -0.757. The van der Waals surface area contributed by atoms with Gasteiger partial charge in [-0.1, -0.05) is 6.92 Å². The van der Waals surface area contributed by atoms with Crippen molar-refractivity contribution >= 4 is 16.7 Å². The molecule has 0 radical (unpaired) electrons. The molecule has 1 N–H and O–H groups in total. The highest BCUT2D eigenvalue weighted by Crippen LogP contribution is 2.13. The minimum Gasteiger partial charge on any atom is -0.326 e. The molecule has 0 aromatic carbocycles. The van der Waals surface area contributed by atoms with Crippen molar-refractivity contribution in [2.45, 2.75) is 38.9 Å². The van der Waals surface area contributed by atoms with Crippen molar-refractivity contribution in [3.8, 4) is 0 Å². The predicted molar refractivity (Wildman–Crippen MR) is 61.9 cm³/mol. The third-order valence-corrected chi connectivity index (χ3v) is 3.59. The van der Waals surface area contributed by atoms with Gasteiger partial charge in [0.05, 0.1) is 12.2 Å². The first-order valence-electron chi connectivity index (χ1n) is 5.42. The fourth-order valence-electron chi connectivity index (χ4n) is 1.88. The van der Waals surface area contributed by atoms with Gasteiger partial charge in [-0.25, -0.2) is 0 Å². The molecule has 1 fully saturated rings. The van der Waals surface area contributed by atoms with Crippen LogP contribution in [0.5, 0.6) is 0 Å². The maximum atomic E-state index is 11.8. The zero-order valence-corrected chi connectivity index (χ0v) is 10.5. The van der Waals surface area contributed by atoms with Crippen LogP contribution in [0, 0.1) is 0 Å². The van der Waals surface area contributed by atoms with Gasteiger partial charge in [0.2, 0.25) is 5.91 Å². The summed E-state index contributed by atoms with van der Waals surface area (Å²) < 4.78 is 10.9. The number of rotatable bonds is 5. The van der Waals surface area contributed by atoms with E-state index in [0.29, 0.717) is 12.3 Å². The normalized spacial score (nSPS) is 28.5. The molecule has 3 atom stereocenters. The number of hydrogen-bond donors (Lipinski definition) is 1. The lowest BCUT2D eigenvalue weighted by atomic mass is 10.2. The van der Waals surface area contributed by atoms with E-state index in [-0.39, 0.29) is 18.1 Å². The van der Waals surface area contributed by atoms with E-state index < -0.39 is 10.8 Å². The van der Waals surface area contributed by atoms with Gasteiger partial charge in [0.1, 0.15) is 0 Å². The van der Waals surface area contributed by atoms with E-state index >= 15 is 0 Å². The third kappa shape index (κ3) is 3.28. The summed E-state index contributed by atoms with van der Waals surface area (Å²) in [5.74, 6) is 0.861. The largest absolute Gasteiger partial charge is 0.326 e. The van der Waals surface area contributed by atoms with Crippen LogP contribution < -0.4 is 5.32 Å². The smallest absolute Gasteiger partial charge is 0.240 e. The highest BCUT2D eigenvalue weighted by atomic mass is 32.2. The predicted octanol–water partition coefficient (Wildman–Crippen LogP) is 0.311. The van der Waals surface area contributed by atoms with Crippen molar-refractivity contribution in [3.63, 3.8) is 0 Å². The molecular weight excluding hydrogens is 212 g/mol. The Labute approximate surface area is 93.9 Å². The van der Waals surface area contributed by atoms with Gasteiger partial charge in [-0.3, -0.25) is 14.3 Å². The first kappa shape index (κ1) is 12.6. The van der Waals surface area contributed by atoms with Gasteiger partial charge in [-0.2, -0.15) is 0 Å². The fourth-order valence-corrected chi connectivity index (χ4v) is 2.41. The highest BCUT2D eigenvalue weighted by Gasteiger charge is 2.34. The van der Waals surface area contributed by atoms with Crippen molar-refractivity contribution in [3.05, 3.63) is 0 Å². The summed E-state index contributed by atoms with van der Waals surface area (Å²) in [6.07, 6.45) is 3.46. The molecule has 3 unspecified atom stereocenters. The number of carbonyl (C=O) groups is 1. The molecule has 1 aliphatic heterocycles. The van der Waals surface area contributed by atoms with Crippen molar-refractivity contribution in [2.24, 2.45) is 0 Å². The molecule has 1 aliphatic rings. The summed E-state index contributed by atoms with van der Waals surface area (Å²) in [4.78, 5) is 13.7. The molecular formula is C10H20N2O2S. The first-order valence-corrected chi connectivity index (χ1v) is 7.15. The molecule has 0 bridgehead atoms. The summed E-state index contributed by atoms with van der Waals surface area (Å²) in [5, 5.41) is 3.24. The number of nitrogens with zero attached hydrogens (tertiary/aromatic N) is 1. The Morgan fingerprint density at radius 1 is 1.53 bits per heavy atom. The SMILES string of the molecule is CCC1NC(C)N(CCCS(C)=O)C1=O. The van der Waals surface area contributed by atoms with E-state index in [2.05, 4.69) is 5.32 Å². The number of amides is 1. The van der Waals surface area contributed by atoms with Crippen molar-refractivity contribution in [1.29, 1.82) is 0 Å². The molecule has 0 saturated carbocycles. The molecule has 5 heteroatoms. The Hall–Kier alpha value is -0.420. The van der Waals surface area contributed by atoms with Crippen molar-refractivity contribution < 1.29 is 9.00 Å². The van der Waals surface area contributed by atoms with Crippen molar-refractivity contribution in [2.75, 3.05) is 18.6 Å². The van der Waals surface area contributed by atoms with Gasteiger partial charge in [-0.15, -0.1) is 0 Å². The van der Waals surface area contributed by atoms with Gasteiger partial charge in [0.25, 0.3) is 0 Å². The van der Waals surface area contributed by atoms with Gasteiger partial charge in [0, 0.05) is 29.4 Å². The van der Waals surface area contributed by atoms with Crippen LogP contribution in [0.25, 0.3) is 0 Å². The summed E-state index contributed by atoms with van der Waals surface area (Å²) in [5.41, 5.74) is 0. The van der Waals surface area contributed by atoms with E-state index in [1.165, 1.54) is 0 Å². The second-order valence-corrected chi connectivity index (χ2v) is 5.52. The zero-order chi connectivity index (χ0) is 11.4. The number of nitrogens with one attached hydrogen (secondary N) is 1. The van der Waals surface area contributed by atoms with Crippen LogP contribution in [0.4, 0.5) is 0 Å². The Morgan fingerprint density at radius 3 is 2.67 bits per heavy atom. The first-order chi connectivity index (χ1) is 7.06. The molecule has 0 spiro atoms. The van der Waals surface area contributed by atoms with Crippen LogP contribution in [0.1, 0.15) is 26.7 Å². The highest BCUT2D eigenvalue weighted by molar-refractivity contribution is 7.84. The Morgan fingerprint density at radius 2 is 2.20 bits per heavy atom. The summed E-state index contributed by atoms with van der Waals surface area (Å²) in [6.45, 7) is 4.71. The van der Waals surface area contributed by atoms with Crippen LogP contribution in [0.2, 0.25) is 0 Å². The number of carbonyl (C=O) groups excluding carboxylic acids is 1. The average Bonchev–Trinajstić information content (AvgIpc) is 2.44. The van der Waals surface area contributed by atoms with Gasteiger partial charge in [-0.05, 0) is 19.8 Å². The minimum atomic E-state index is -0.757. The Balaban J connectivity index is 2.41. The lowest BCUT2D eigenvalue weighted by molar-refractivity contribution is -0.129. The zero-order valence-electron chi connectivity index (χ0n) is 9.66. The molecule has 1 rings (SSSR count). The fraction of sp³-hybridized carbons (Fsp3) is 0.900. The van der Waals surface area contributed by atoms with Crippen LogP contribution in [0.3, 0.4) is 0 Å². The maximum absolute atomic E-state index is 11.8. The molecule has 15 heavy (non-hydrogen) atoms. The minimum absolute atomic E-state index is 0.0212. The maximum Gasteiger partial charge on any atom is 0.240 e. The lowest BCUT2D eigenvalue weighted by Gasteiger charge is -2.20. The Bertz CT molecular complexity index is 258. The van der Waals surface area contributed by atoms with Gasteiger partial charge < -0.3 is 4.90 Å². The molecule has 1 heterocycles. The monoisotopic (exact) mass is 232 g/mol. The lowest BCUT2D eigenvalue weighted by Crippen LogP contribution is -2.35. The van der Waals surface area contributed by atoms with Crippen LogP contribution in [-0.4, -0.2) is 45.8 Å². The molecule has 88 valence electrons. The Kier molecular flexibility index (Phi) is 4.73. The molecule has 1 amide bonds. The van der Waals surface area contributed by atoms with Crippen LogP contribution in [0.15, 0.2) is 0 Å². The van der Waals surface area contributed by atoms with E-state index in [1.807, 2.05) is 18.7 Å². The average molecular weight is 232 g/mol. The van der Waals surface area contributed by atoms with Crippen LogP contribution in [-0.2, 0) is 15.6 Å². The molecule has 0 aromatic rings. The number of hydrogen-bond acceptors (Lipinski definition) is 3. The van der Waals surface area contributed by atoms with E-state index in [0.717, 1.165) is 12.8 Å². The van der Waals surface area contributed by atoms with Gasteiger partial charge >= 0.3 is 0 Å². The third-order valence-electron chi connectivity index (χ3n) is 2.73. The summed E-state index contributed by atoms with van der Waals surface area (Å²) >= 11 is 0. The quantitative estimate of drug-likeness (QED) is 0.742. The van der Waals surface area contributed by atoms with E-state index in [9.17, 15) is 9.00 Å². The standard InChI is InChI=1S/C10H20N2O2S/c1-4-9-10(13)12(8(2)11-9)6-5-7-15(3)14/h8-9,11H,4-7H2,1-3H3. The van der Waals surface area contributed by atoms with Crippen molar-refractivity contribution in [1.82, 2.24) is 10.2 Å². The molecule has 0 aliphatic carbocycles. The second-order valence-electron chi connectivity index (χ2n) is 3.97. The van der Waals surface area contributed by atoms with Crippen LogP contribution >= 0.6 is 0 Å². The summed E-state index contributed by atoms with van der Waals surface area (Å²) in [6, 6.07) is -0.0212. The molecule has 0 aromatic heterocycles. The van der Waals surface area contributed by atoms with E-state index in [4.69, 9.17) is 0 Å². The molecule has 1 saturated heterocycles.